The van der Waals surface area contributed by atoms with Gasteiger partial charge in [0.15, 0.2) is 0 Å². The number of benzene rings is 1. The third-order valence-corrected chi connectivity index (χ3v) is 2.46. The van der Waals surface area contributed by atoms with Crippen molar-refractivity contribution in [3.63, 3.8) is 0 Å². The Labute approximate surface area is 102 Å². The first-order valence-electron chi connectivity index (χ1n) is 5.93. The molecule has 1 N–H and O–H groups in total. The molecular weight excluding hydrogens is 220 g/mol. The Hall–Kier alpha value is -1.22. The number of nitrogens with one attached hydrogen (secondary N) is 1. The average Bonchev–Trinajstić information content (AvgIpc) is 2.34. The molecule has 0 heterocycles. The van der Waals surface area contributed by atoms with Crippen molar-refractivity contribution in [3.8, 4) is 0 Å². The van der Waals surface area contributed by atoms with E-state index >= 15 is 0 Å². The summed E-state index contributed by atoms with van der Waals surface area (Å²) in [5.74, 6) is 0. The Kier molecular flexibility index (Phi) is 5.84. The van der Waals surface area contributed by atoms with E-state index in [2.05, 4.69) is 12.2 Å². The quantitative estimate of drug-likeness (QED) is 0.790. The van der Waals surface area contributed by atoms with Crippen molar-refractivity contribution < 1.29 is 8.78 Å². The summed E-state index contributed by atoms with van der Waals surface area (Å²) in [4.78, 5) is 0. The second-order valence-electron chi connectivity index (χ2n) is 4.07. The maximum absolute atomic E-state index is 12.5. The van der Waals surface area contributed by atoms with E-state index in [1.165, 1.54) is 12.1 Å². The maximum atomic E-state index is 12.5. The zero-order chi connectivity index (χ0) is 12.7. The highest BCUT2D eigenvalue weighted by Crippen LogP contribution is 2.19. The number of rotatable bonds is 6. The van der Waals surface area contributed by atoms with Crippen molar-refractivity contribution in [2.75, 3.05) is 6.54 Å². The van der Waals surface area contributed by atoms with E-state index < -0.39 is 6.43 Å². The van der Waals surface area contributed by atoms with E-state index in [-0.39, 0.29) is 11.6 Å². The molecule has 17 heavy (non-hydrogen) atoms. The van der Waals surface area contributed by atoms with Gasteiger partial charge in [-0.05, 0) is 31.5 Å². The summed E-state index contributed by atoms with van der Waals surface area (Å²) >= 11 is 0. The van der Waals surface area contributed by atoms with Gasteiger partial charge in [-0.3, -0.25) is 0 Å². The van der Waals surface area contributed by atoms with Gasteiger partial charge in [-0.1, -0.05) is 37.3 Å². The van der Waals surface area contributed by atoms with Crippen LogP contribution in [0.25, 0.3) is 6.08 Å². The molecule has 0 saturated heterocycles. The van der Waals surface area contributed by atoms with Gasteiger partial charge in [-0.2, -0.15) is 0 Å². The van der Waals surface area contributed by atoms with E-state index in [1.807, 2.05) is 25.1 Å². The van der Waals surface area contributed by atoms with Crippen LogP contribution < -0.4 is 5.32 Å². The van der Waals surface area contributed by atoms with Gasteiger partial charge in [-0.25, -0.2) is 8.78 Å². The molecule has 1 atom stereocenters. The molecule has 1 nitrogen and oxygen atoms in total. The van der Waals surface area contributed by atoms with Crippen LogP contribution in [0.2, 0.25) is 0 Å². The van der Waals surface area contributed by atoms with Crippen molar-refractivity contribution in [1.29, 1.82) is 0 Å². The highest BCUT2D eigenvalue weighted by Gasteiger charge is 2.05. The second-order valence-corrected chi connectivity index (χ2v) is 4.07. The monoisotopic (exact) mass is 239 g/mol. The Balaban J connectivity index is 2.61. The van der Waals surface area contributed by atoms with Crippen molar-refractivity contribution in [1.82, 2.24) is 5.32 Å². The van der Waals surface area contributed by atoms with Gasteiger partial charge in [-0.15, -0.1) is 0 Å². The van der Waals surface area contributed by atoms with Gasteiger partial charge in [0.25, 0.3) is 6.43 Å². The summed E-state index contributed by atoms with van der Waals surface area (Å²) in [6.45, 7) is 5.11. The minimum absolute atomic E-state index is 0.0707. The van der Waals surface area contributed by atoms with Crippen molar-refractivity contribution in [2.24, 2.45) is 0 Å². The van der Waals surface area contributed by atoms with Crippen LogP contribution in [0.3, 0.4) is 0 Å². The van der Waals surface area contributed by atoms with E-state index in [1.54, 1.807) is 6.07 Å². The third-order valence-electron chi connectivity index (χ3n) is 2.46. The van der Waals surface area contributed by atoms with Crippen molar-refractivity contribution >= 4 is 6.08 Å². The van der Waals surface area contributed by atoms with Crippen LogP contribution in [0.4, 0.5) is 8.78 Å². The molecule has 1 unspecified atom stereocenters. The number of halogens is 2. The molecule has 0 aromatic heterocycles. The molecule has 3 heteroatoms. The van der Waals surface area contributed by atoms with E-state index in [9.17, 15) is 8.78 Å². The largest absolute Gasteiger partial charge is 0.311 e. The molecule has 0 spiro atoms. The summed E-state index contributed by atoms with van der Waals surface area (Å²) in [6.07, 6.45) is 2.54. The fourth-order valence-electron chi connectivity index (χ4n) is 1.49. The van der Waals surface area contributed by atoms with Crippen LogP contribution in [0.5, 0.6) is 0 Å². The zero-order valence-electron chi connectivity index (χ0n) is 10.3. The predicted molar refractivity (Wildman–Crippen MR) is 68.2 cm³/mol. The van der Waals surface area contributed by atoms with Crippen LogP contribution in [0.15, 0.2) is 30.3 Å². The molecule has 0 aliphatic carbocycles. The lowest BCUT2D eigenvalue weighted by molar-refractivity contribution is 0.151. The first-order chi connectivity index (χ1) is 8.13. The fourth-order valence-corrected chi connectivity index (χ4v) is 1.49. The molecule has 0 saturated carbocycles. The predicted octanol–water partition coefficient (Wildman–Crippen LogP) is 4.03. The van der Waals surface area contributed by atoms with Gasteiger partial charge in [0, 0.05) is 11.6 Å². The lowest BCUT2D eigenvalue weighted by atomic mass is 10.1. The molecule has 0 radical (unpaired) electrons. The topological polar surface area (TPSA) is 12.0 Å². The Bertz CT molecular complexity index is 361. The zero-order valence-corrected chi connectivity index (χ0v) is 10.3. The summed E-state index contributed by atoms with van der Waals surface area (Å²) in [5, 5.41) is 3.30. The fraction of sp³-hybridized carbons (Fsp3) is 0.429. The van der Waals surface area contributed by atoms with Crippen LogP contribution >= 0.6 is 0 Å². The lowest BCUT2D eigenvalue weighted by Gasteiger charge is -2.07. The average molecular weight is 239 g/mol. The molecule has 1 aromatic rings. The number of hydrogen-bond donors (Lipinski definition) is 1. The molecule has 0 fully saturated rings. The van der Waals surface area contributed by atoms with E-state index in [0.29, 0.717) is 0 Å². The molecule has 0 bridgehead atoms. The summed E-state index contributed by atoms with van der Waals surface area (Å²) < 4.78 is 25.0. The van der Waals surface area contributed by atoms with Gasteiger partial charge < -0.3 is 5.32 Å². The number of alkyl halides is 2. The van der Waals surface area contributed by atoms with E-state index in [4.69, 9.17) is 0 Å². The minimum Gasteiger partial charge on any atom is -0.311 e. The van der Waals surface area contributed by atoms with Gasteiger partial charge in [0.2, 0.25) is 0 Å². The summed E-state index contributed by atoms with van der Waals surface area (Å²) in [6, 6.07) is 6.71. The number of hydrogen-bond acceptors (Lipinski definition) is 1. The lowest BCUT2D eigenvalue weighted by Crippen LogP contribution is -2.24. The second kappa shape index (κ2) is 7.17. The highest BCUT2D eigenvalue weighted by molar-refractivity contribution is 5.51. The van der Waals surface area contributed by atoms with Crippen LogP contribution in [-0.4, -0.2) is 12.6 Å². The van der Waals surface area contributed by atoms with Crippen molar-refractivity contribution in [3.05, 3.63) is 41.5 Å². The smallest absolute Gasteiger partial charge is 0.263 e. The molecule has 94 valence electrons. The normalized spacial score (nSPS) is 13.5. The van der Waals surface area contributed by atoms with Gasteiger partial charge in [0.05, 0.1) is 0 Å². The minimum atomic E-state index is -2.40. The molecule has 0 aliphatic heterocycles. The Morgan fingerprint density at radius 1 is 1.35 bits per heavy atom. The summed E-state index contributed by atoms with van der Waals surface area (Å²) in [5.41, 5.74) is 0.884. The molecule has 1 rings (SSSR count). The molecule has 0 amide bonds. The standard InChI is InChI=1S/C14H19F2N/c1-3-9-17-11(2)7-8-12-5-4-6-13(10-12)14(15)16/h4-8,10-11,14,17H,3,9H2,1-2H3/b8-7+. The van der Waals surface area contributed by atoms with Crippen LogP contribution in [0.1, 0.15) is 37.8 Å². The Morgan fingerprint density at radius 2 is 2.12 bits per heavy atom. The summed E-state index contributed by atoms with van der Waals surface area (Å²) in [7, 11) is 0. The van der Waals surface area contributed by atoms with Gasteiger partial charge >= 0.3 is 0 Å². The van der Waals surface area contributed by atoms with E-state index in [0.717, 1.165) is 18.5 Å². The first kappa shape index (κ1) is 13.8. The molecule has 1 aromatic carbocycles. The third kappa shape index (κ3) is 5.09. The van der Waals surface area contributed by atoms with Gasteiger partial charge in [0.1, 0.15) is 0 Å². The SMILES string of the molecule is CCCNC(C)/C=C/c1cccc(C(F)F)c1. The van der Waals surface area contributed by atoms with Crippen molar-refractivity contribution in [2.45, 2.75) is 32.7 Å². The maximum Gasteiger partial charge on any atom is 0.263 e. The van der Waals surface area contributed by atoms with Crippen LogP contribution in [0, 0.1) is 0 Å². The Morgan fingerprint density at radius 3 is 2.76 bits per heavy atom. The molecular formula is C14H19F2N. The molecule has 0 aliphatic rings. The van der Waals surface area contributed by atoms with Crippen LogP contribution in [-0.2, 0) is 0 Å². The first-order valence-corrected chi connectivity index (χ1v) is 5.93. The highest BCUT2D eigenvalue weighted by atomic mass is 19.3.